The predicted octanol–water partition coefficient (Wildman–Crippen LogP) is 7.46. The van der Waals surface area contributed by atoms with Gasteiger partial charge in [-0.05, 0) is 91.4 Å². The average Bonchev–Trinajstić information content (AvgIpc) is 2.93. The molecule has 2 N–H and O–H groups in total. The lowest BCUT2D eigenvalue weighted by Crippen LogP contribution is -2.30. The van der Waals surface area contributed by atoms with E-state index in [9.17, 15) is 0 Å². The van der Waals surface area contributed by atoms with Gasteiger partial charge in [0.2, 0.25) is 0 Å². The molecule has 6 nitrogen and oxygen atoms in total. The first-order valence-corrected chi connectivity index (χ1v) is 13.3. The summed E-state index contributed by atoms with van der Waals surface area (Å²) in [5, 5.41) is 7.73. The molecule has 2 heterocycles. The van der Waals surface area contributed by atoms with Gasteiger partial charge in [-0.1, -0.05) is 32.9 Å². The third kappa shape index (κ3) is 6.20. The number of benzene rings is 3. The second-order valence-corrected chi connectivity index (χ2v) is 10.9. The van der Waals surface area contributed by atoms with E-state index in [1.165, 1.54) is 5.56 Å². The molecule has 38 heavy (non-hydrogen) atoms. The second-order valence-electron chi connectivity index (χ2n) is 10.9. The predicted molar refractivity (Wildman–Crippen MR) is 154 cm³/mol. The van der Waals surface area contributed by atoms with Crippen LogP contribution < -0.4 is 24.8 Å². The standard InChI is InChI=1S/C32H37N3O3/c1-32(2,3)23-5-7-24(8-6-23)35-25-9-11-26(12-10-25)38-29-15-18-34-28-20-31(30(36-4)19-27(28)29)37-21-22-13-16-33-17-14-22/h5-12,15,18-20,22,33,35H,13-14,16-17,21H2,1-4H3. The zero-order valence-corrected chi connectivity index (χ0v) is 22.7. The highest BCUT2D eigenvalue weighted by Crippen LogP contribution is 2.37. The molecule has 6 heteroatoms. The van der Waals surface area contributed by atoms with Crippen molar-refractivity contribution in [3.63, 3.8) is 0 Å². The Hall–Kier alpha value is -3.77. The smallest absolute Gasteiger partial charge is 0.163 e. The summed E-state index contributed by atoms with van der Waals surface area (Å²) in [5.41, 5.74) is 4.31. The number of fused-ring (bicyclic) bond motifs is 1. The third-order valence-electron chi connectivity index (χ3n) is 7.04. The largest absolute Gasteiger partial charge is 0.493 e. The van der Waals surface area contributed by atoms with Crippen molar-refractivity contribution in [2.45, 2.75) is 39.0 Å². The Balaban J connectivity index is 1.29. The van der Waals surface area contributed by atoms with Crippen molar-refractivity contribution >= 4 is 22.3 Å². The molecule has 5 rings (SSSR count). The van der Waals surface area contributed by atoms with Crippen LogP contribution in [0.1, 0.15) is 39.2 Å². The highest BCUT2D eigenvalue weighted by Gasteiger charge is 2.17. The van der Waals surface area contributed by atoms with E-state index >= 15 is 0 Å². The Morgan fingerprint density at radius 3 is 2.21 bits per heavy atom. The summed E-state index contributed by atoms with van der Waals surface area (Å²) in [7, 11) is 1.66. The molecule has 0 spiro atoms. The summed E-state index contributed by atoms with van der Waals surface area (Å²) >= 11 is 0. The van der Waals surface area contributed by atoms with E-state index in [-0.39, 0.29) is 5.41 Å². The second kappa shape index (κ2) is 11.3. The minimum Gasteiger partial charge on any atom is -0.493 e. The average molecular weight is 512 g/mol. The van der Waals surface area contributed by atoms with Crippen LogP contribution >= 0.6 is 0 Å². The van der Waals surface area contributed by atoms with E-state index in [1.807, 2.05) is 42.5 Å². The molecular formula is C32H37N3O3. The van der Waals surface area contributed by atoms with Crippen LogP contribution in [0.2, 0.25) is 0 Å². The van der Waals surface area contributed by atoms with Crippen LogP contribution in [0.3, 0.4) is 0 Å². The molecule has 0 bridgehead atoms. The number of aromatic nitrogens is 1. The molecule has 1 saturated heterocycles. The van der Waals surface area contributed by atoms with Crippen LogP contribution in [0.4, 0.5) is 11.4 Å². The van der Waals surface area contributed by atoms with Crippen molar-refractivity contribution in [1.82, 2.24) is 10.3 Å². The van der Waals surface area contributed by atoms with Gasteiger partial charge < -0.3 is 24.8 Å². The molecule has 0 saturated carbocycles. The molecule has 0 atom stereocenters. The topological polar surface area (TPSA) is 64.6 Å². The molecular weight excluding hydrogens is 474 g/mol. The van der Waals surface area contributed by atoms with Gasteiger partial charge in [-0.3, -0.25) is 4.98 Å². The maximum Gasteiger partial charge on any atom is 0.163 e. The molecule has 1 fully saturated rings. The number of piperidine rings is 1. The number of ether oxygens (including phenoxy) is 3. The molecule has 198 valence electrons. The normalized spacial score (nSPS) is 14.3. The summed E-state index contributed by atoms with van der Waals surface area (Å²) in [5.74, 6) is 3.42. The Morgan fingerprint density at radius 2 is 1.55 bits per heavy atom. The van der Waals surface area contributed by atoms with Crippen LogP contribution in [0.25, 0.3) is 10.9 Å². The number of rotatable bonds is 8. The Morgan fingerprint density at radius 1 is 0.868 bits per heavy atom. The van der Waals surface area contributed by atoms with E-state index in [0.717, 1.165) is 59.7 Å². The first-order chi connectivity index (χ1) is 18.4. The van der Waals surface area contributed by atoms with E-state index in [0.29, 0.717) is 24.0 Å². The minimum atomic E-state index is 0.139. The maximum atomic E-state index is 6.27. The first-order valence-electron chi connectivity index (χ1n) is 13.3. The van der Waals surface area contributed by atoms with Gasteiger partial charge >= 0.3 is 0 Å². The monoisotopic (exact) mass is 511 g/mol. The molecule has 4 aromatic rings. The van der Waals surface area contributed by atoms with E-state index in [4.69, 9.17) is 14.2 Å². The van der Waals surface area contributed by atoms with Gasteiger partial charge in [0.05, 0.1) is 19.2 Å². The van der Waals surface area contributed by atoms with Gasteiger partial charge in [0, 0.05) is 29.0 Å². The lowest BCUT2D eigenvalue weighted by Gasteiger charge is -2.23. The van der Waals surface area contributed by atoms with Gasteiger partial charge in [0.25, 0.3) is 0 Å². The fourth-order valence-electron chi connectivity index (χ4n) is 4.70. The zero-order chi connectivity index (χ0) is 26.5. The number of nitrogens with one attached hydrogen (secondary N) is 2. The van der Waals surface area contributed by atoms with Gasteiger partial charge in [0.1, 0.15) is 11.5 Å². The highest BCUT2D eigenvalue weighted by atomic mass is 16.5. The summed E-state index contributed by atoms with van der Waals surface area (Å²) in [6.45, 7) is 9.44. The first kappa shape index (κ1) is 25.9. The SMILES string of the molecule is COc1cc2c(Oc3ccc(Nc4ccc(C(C)(C)C)cc4)cc3)ccnc2cc1OCC1CCNCC1. The van der Waals surface area contributed by atoms with Crippen molar-refractivity contribution in [3.05, 3.63) is 78.5 Å². The quantitative estimate of drug-likeness (QED) is 0.256. The van der Waals surface area contributed by atoms with Gasteiger partial charge in [-0.25, -0.2) is 0 Å². The minimum absolute atomic E-state index is 0.139. The summed E-state index contributed by atoms with van der Waals surface area (Å²) in [4.78, 5) is 4.56. The summed E-state index contributed by atoms with van der Waals surface area (Å²) in [6, 6.07) is 22.3. The lowest BCUT2D eigenvalue weighted by molar-refractivity contribution is 0.208. The Kier molecular flexibility index (Phi) is 7.70. The summed E-state index contributed by atoms with van der Waals surface area (Å²) in [6.07, 6.45) is 4.02. The Labute approximate surface area is 225 Å². The number of anilines is 2. The number of hydrogen-bond acceptors (Lipinski definition) is 6. The van der Waals surface area contributed by atoms with Gasteiger partial charge in [0.15, 0.2) is 11.5 Å². The van der Waals surface area contributed by atoms with E-state index in [2.05, 4.69) is 60.7 Å². The van der Waals surface area contributed by atoms with Crippen LogP contribution in [-0.2, 0) is 5.41 Å². The zero-order valence-electron chi connectivity index (χ0n) is 22.7. The lowest BCUT2D eigenvalue weighted by atomic mass is 9.87. The molecule has 0 amide bonds. The molecule has 3 aromatic carbocycles. The van der Waals surface area contributed by atoms with Crippen LogP contribution in [0.15, 0.2) is 72.9 Å². The number of hydrogen-bond donors (Lipinski definition) is 2. The van der Waals surface area contributed by atoms with Crippen LogP contribution in [0.5, 0.6) is 23.0 Å². The van der Waals surface area contributed by atoms with E-state index in [1.54, 1.807) is 13.3 Å². The third-order valence-corrected chi connectivity index (χ3v) is 7.04. The van der Waals surface area contributed by atoms with Crippen molar-refractivity contribution in [2.24, 2.45) is 5.92 Å². The fraction of sp³-hybridized carbons (Fsp3) is 0.344. The number of nitrogens with zero attached hydrogens (tertiary/aromatic N) is 1. The molecule has 0 aliphatic carbocycles. The van der Waals surface area contributed by atoms with Crippen LogP contribution in [0, 0.1) is 5.92 Å². The number of pyridine rings is 1. The molecule has 1 aliphatic rings. The van der Waals surface area contributed by atoms with Gasteiger partial charge in [-0.15, -0.1) is 0 Å². The Bertz CT molecular complexity index is 1360. The molecule has 1 aliphatic heterocycles. The van der Waals surface area contributed by atoms with Crippen molar-refractivity contribution in [1.29, 1.82) is 0 Å². The van der Waals surface area contributed by atoms with E-state index < -0.39 is 0 Å². The molecule has 0 unspecified atom stereocenters. The number of methoxy groups -OCH3 is 1. The van der Waals surface area contributed by atoms with Crippen LogP contribution in [-0.4, -0.2) is 31.8 Å². The maximum absolute atomic E-state index is 6.27. The van der Waals surface area contributed by atoms with Crippen molar-refractivity contribution < 1.29 is 14.2 Å². The van der Waals surface area contributed by atoms with Gasteiger partial charge in [-0.2, -0.15) is 0 Å². The molecule has 0 radical (unpaired) electrons. The molecule has 1 aromatic heterocycles. The summed E-state index contributed by atoms with van der Waals surface area (Å²) < 4.78 is 18.1. The fourth-order valence-corrected chi connectivity index (χ4v) is 4.70. The van der Waals surface area contributed by atoms with Crippen molar-refractivity contribution in [2.75, 3.05) is 32.1 Å². The van der Waals surface area contributed by atoms with Crippen molar-refractivity contribution in [3.8, 4) is 23.0 Å². The highest BCUT2D eigenvalue weighted by molar-refractivity contribution is 5.88.